The zero-order valence-electron chi connectivity index (χ0n) is 9.91. The van der Waals surface area contributed by atoms with Crippen molar-refractivity contribution in [2.75, 3.05) is 0 Å². The number of benzene rings is 2. The Morgan fingerprint density at radius 1 is 1.16 bits per heavy atom. The molecule has 1 nitrogen and oxygen atoms in total. The van der Waals surface area contributed by atoms with Crippen LogP contribution in [0.1, 0.15) is 17.0 Å². The van der Waals surface area contributed by atoms with Crippen LogP contribution in [0.2, 0.25) is 10.0 Å². The molecular formula is C15H10BrCl2N. The van der Waals surface area contributed by atoms with Gasteiger partial charge >= 0.3 is 0 Å². The Labute approximate surface area is 130 Å². The molecule has 0 radical (unpaired) electrons. The van der Waals surface area contributed by atoms with E-state index in [9.17, 15) is 5.26 Å². The van der Waals surface area contributed by atoms with Crippen molar-refractivity contribution in [3.63, 3.8) is 0 Å². The van der Waals surface area contributed by atoms with Crippen LogP contribution >= 0.6 is 39.1 Å². The van der Waals surface area contributed by atoms with E-state index >= 15 is 0 Å². The summed E-state index contributed by atoms with van der Waals surface area (Å²) in [6, 6.07) is 15.4. The summed E-state index contributed by atoms with van der Waals surface area (Å²) in [5.74, 6) is -0.241. The van der Waals surface area contributed by atoms with Gasteiger partial charge in [-0.3, -0.25) is 0 Å². The molecule has 4 heteroatoms. The summed E-state index contributed by atoms with van der Waals surface area (Å²) in [6.45, 7) is 0. The molecule has 19 heavy (non-hydrogen) atoms. The summed E-state index contributed by atoms with van der Waals surface area (Å²) in [4.78, 5) is 0. The third-order valence-corrected chi connectivity index (χ3v) is 4.18. The molecule has 2 rings (SSSR count). The van der Waals surface area contributed by atoms with Gasteiger partial charge in [0.2, 0.25) is 0 Å². The minimum absolute atomic E-state index is 0.241. The maximum Gasteiger partial charge on any atom is 0.0764 e. The first-order chi connectivity index (χ1) is 9.11. The largest absolute Gasteiger partial charge is 0.198 e. The highest BCUT2D eigenvalue weighted by Crippen LogP contribution is 2.30. The lowest BCUT2D eigenvalue weighted by Gasteiger charge is -2.12. The van der Waals surface area contributed by atoms with Gasteiger partial charge in [0.1, 0.15) is 0 Å². The predicted molar refractivity (Wildman–Crippen MR) is 82.7 cm³/mol. The molecule has 2 aromatic rings. The van der Waals surface area contributed by atoms with E-state index in [4.69, 9.17) is 23.2 Å². The van der Waals surface area contributed by atoms with Crippen LogP contribution in [0.15, 0.2) is 46.9 Å². The average Bonchev–Trinajstić information content (AvgIpc) is 2.39. The Bertz CT molecular complexity index is 634. The van der Waals surface area contributed by atoms with Crippen molar-refractivity contribution < 1.29 is 0 Å². The summed E-state index contributed by atoms with van der Waals surface area (Å²) >= 11 is 15.5. The average molecular weight is 355 g/mol. The highest BCUT2D eigenvalue weighted by Gasteiger charge is 2.15. The van der Waals surface area contributed by atoms with Crippen molar-refractivity contribution in [1.82, 2.24) is 0 Å². The van der Waals surface area contributed by atoms with Gasteiger partial charge in [-0.05, 0) is 35.7 Å². The highest BCUT2D eigenvalue weighted by atomic mass is 79.9. The Balaban J connectivity index is 2.30. The fourth-order valence-electron chi connectivity index (χ4n) is 1.89. The fraction of sp³-hybridized carbons (Fsp3) is 0.133. The van der Waals surface area contributed by atoms with Crippen molar-refractivity contribution >= 4 is 39.1 Å². The molecule has 0 fully saturated rings. The minimum Gasteiger partial charge on any atom is -0.198 e. The quantitative estimate of drug-likeness (QED) is 0.703. The maximum absolute atomic E-state index is 9.37. The van der Waals surface area contributed by atoms with Gasteiger partial charge in [0.25, 0.3) is 0 Å². The Morgan fingerprint density at radius 2 is 1.89 bits per heavy atom. The summed E-state index contributed by atoms with van der Waals surface area (Å²) in [6.07, 6.45) is 0.565. The number of nitrogens with zero attached hydrogens (tertiary/aromatic N) is 1. The number of rotatable bonds is 3. The molecule has 0 heterocycles. The fourth-order valence-corrected chi connectivity index (χ4v) is 2.94. The van der Waals surface area contributed by atoms with Crippen LogP contribution in [0, 0.1) is 11.3 Å². The van der Waals surface area contributed by atoms with Crippen LogP contribution in [0.3, 0.4) is 0 Å². The number of hydrogen-bond acceptors (Lipinski definition) is 1. The first-order valence-corrected chi connectivity index (χ1v) is 7.24. The van der Waals surface area contributed by atoms with Crippen LogP contribution in [0.5, 0.6) is 0 Å². The van der Waals surface area contributed by atoms with Crippen molar-refractivity contribution in [3.05, 3.63) is 68.1 Å². The zero-order chi connectivity index (χ0) is 13.8. The Hall–Kier alpha value is -1.01. The molecule has 0 N–H and O–H groups in total. The van der Waals surface area contributed by atoms with Crippen LogP contribution in [-0.2, 0) is 6.42 Å². The molecule has 2 aromatic carbocycles. The van der Waals surface area contributed by atoms with Crippen molar-refractivity contribution in [1.29, 1.82) is 5.26 Å². The second kappa shape index (κ2) is 6.43. The van der Waals surface area contributed by atoms with Crippen LogP contribution in [0.4, 0.5) is 0 Å². The van der Waals surface area contributed by atoms with Gasteiger partial charge in [-0.25, -0.2) is 0 Å². The normalized spacial score (nSPS) is 11.9. The van der Waals surface area contributed by atoms with E-state index in [2.05, 4.69) is 22.0 Å². The molecule has 0 aromatic heterocycles. The molecule has 1 atom stereocenters. The zero-order valence-corrected chi connectivity index (χ0v) is 13.0. The summed E-state index contributed by atoms with van der Waals surface area (Å²) in [5, 5.41) is 10.6. The molecule has 0 unspecified atom stereocenters. The smallest absolute Gasteiger partial charge is 0.0764 e. The maximum atomic E-state index is 9.37. The Morgan fingerprint density at radius 3 is 2.53 bits per heavy atom. The van der Waals surface area contributed by atoms with Gasteiger partial charge in [-0.15, -0.1) is 0 Å². The van der Waals surface area contributed by atoms with E-state index in [-0.39, 0.29) is 5.92 Å². The molecule has 0 saturated heterocycles. The van der Waals surface area contributed by atoms with Crippen molar-refractivity contribution in [3.8, 4) is 6.07 Å². The van der Waals surface area contributed by atoms with Crippen molar-refractivity contribution in [2.45, 2.75) is 12.3 Å². The monoisotopic (exact) mass is 353 g/mol. The minimum atomic E-state index is -0.241. The molecule has 0 aliphatic heterocycles. The van der Waals surface area contributed by atoms with E-state index < -0.39 is 0 Å². The van der Waals surface area contributed by atoms with E-state index in [1.807, 2.05) is 30.3 Å². The Kier molecular flexibility index (Phi) is 4.87. The standard InChI is InChI=1S/C15H10BrCl2N/c16-14-4-2-1-3-13(14)11(9-19)7-10-5-6-12(17)8-15(10)18/h1-6,8,11H,7H2/t11-/m0/s1. The molecule has 0 spiro atoms. The number of halogens is 3. The lowest BCUT2D eigenvalue weighted by molar-refractivity contribution is 0.845. The molecule has 0 aliphatic rings. The van der Waals surface area contributed by atoms with E-state index in [1.54, 1.807) is 12.1 Å². The summed E-state index contributed by atoms with van der Waals surface area (Å²) in [7, 11) is 0. The third-order valence-electron chi connectivity index (χ3n) is 2.88. The molecule has 0 aliphatic carbocycles. The topological polar surface area (TPSA) is 23.8 Å². The van der Waals surface area contributed by atoms with Crippen LogP contribution in [0.25, 0.3) is 0 Å². The molecule has 96 valence electrons. The highest BCUT2D eigenvalue weighted by molar-refractivity contribution is 9.10. The van der Waals surface area contributed by atoms with Gasteiger partial charge in [-0.1, -0.05) is 63.4 Å². The summed E-state index contributed by atoms with van der Waals surface area (Å²) in [5.41, 5.74) is 1.89. The second-order valence-electron chi connectivity index (χ2n) is 4.14. The van der Waals surface area contributed by atoms with Gasteiger partial charge in [0.15, 0.2) is 0 Å². The predicted octanol–water partition coefficient (Wildman–Crippen LogP) is 5.61. The molecular weight excluding hydrogens is 345 g/mol. The number of nitriles is 1. The first-order valence-electron chi connectivity index (χ1n) is 5.70. The van der Waals surface area contributed by atoms with Gasteiger partial charge in [0, 0.05) is 14.5 Å². The third kappa shape index (κ3) is 3.51. The van der Waals surface area contributed by atoms with E-state index in [1.165, 1.54) is 0 Å². The lowest BCUT2D eigenvalue weighted by atomic mass is 9.93. The van der Waals surface area contributed by atoms with E-state index in [0.717, 1.165) is 15.6 Å². The van der Waals surface area contributed by atoms with Gasteiger partial charge in [0.05, 0.1) is 12.0 Å². The van der Waals surface area contributed by atoms with E-state index in [0.29, 0.717) is 16.5 Å². The molecule has 0 bridgehead atoms. The van der Waals surface area contributed by atoms with Crippen LogP contribution < -0.4 is 0 Å². The summed E-state index contributed by atoms with van der Waals surface area (Å²) < 4.78 is 0.937. The van der Waals surface area contributed by atoms with Gasteiger partial charge < -0.3 is 0 Å². The molecule has 0 saturated carbocycles. The molecule has 0 amide bonds. The lowest BCUT2D eigenvalue weighted by Crippen LogP contribution is -2.02. The van der Waals surface area contributed by atoms with Gasteiger partial charge in [-0.2, -0.15) is 5.26 Å². The van der Waals surface area contributed by atoms with Crippen molar-refractivity contribution in [2.24, 2.45) is 0 Å². The van der Waals surface area contributed by atoms with Crippen LogP contribution in [-0.4, -0.2) is 0 Å². The second-order valence-corrected chi connectivity index (χ2v) is 5.84. The first kappa shape index (κ1) is 14.4. The SMILES string of the molecule is N#C[C@H](Cc1ccc(Cl)cc1Cl)c1ccccc1Br. The number of hydrogen-bond donors (Lipinski definition) is 0.